The van der Waals surface area contributed by atoms with Crippen LogP contribution in [0.3, 0.4) is 0 Å². The number of carbonyl (C=O) groups excluding carboxylic acids is 2. The summed E-state index contributed by atoms with van der Waals surface area (Å²) in [6.45, 7) is 1.34. The predicted octanol–water partition coefficient (Wildman–Crippen LogP) is 1.77. The van der Waals surface area contributed by atoms with Gasteiger partial charge in [-0.05, 0) is 49.4 Å². The highest BCUT2D eigenvalue weighted by Crippen LogP contribution is 2.30. The van der Waals surface area contributed by atoms with Crippen molar-refractivity contribution in [2.75, 3.05) is 17.1 Å². The van der Waals surface area contributed by atoms with Crippen LogP contribution in [0.5, 0.6) is 0 Å². The van der Waals surface area contributed by atoms with Gasteiger partial charge in [0.2, 0.25) is 10.0 Å². The third-order valence-corrected chi connectivity index (χ3v) is 6.72. The maximum absolute atomic E-state index is 12.2. The van der Waals surface area contributed by atoms with E-state index in [-0.39, 0.29) is 0 Å². The van der Waals surface area contributed by atoms with Gasteiger partial charge in [0.1, 0.15) is 6.54 Å². The van der Waals surface area contributed by atoms with Crippen molar-refractivity contribution in [3.8, 4) is 0 Å². The number of carbonyl (C=O) groups is 2. The van der Waals surface area contributed by atoms with Gasteiger partial charge in [-0.2, -0.15) is 0 Å². The highest BCUT2D eigenvalue weighted by molar-refractivity contribution is 7.92. The van der Waals surface area contributed by atoms with E-state index >= 15 is 0 Å². The van der Waals surface area contributed by atoms with Gasteiger partial charge >= 0.3 is 0 Å². The fraction of sp³-hybridized carbons (Fsp3) is 0.333. The molecule has 0 spiro atoms. The number of aryl methyl sites for hydroxylation is 3. The van der Waals surface area contributed by atoms with Crippen molar-refractivity contribution in [3.05, 3.63) is 51.2 Å². The van der Waals surface area contributed by atoms with Gasteiger partial charge in [0.05, 0.1) is 16.8 Å². The second kappa shape index (κ2) is 7.69. The molecule has 3 rings (SSSR count). The minimum Gasteiger partial charge on any atom is -0.271 e. The number of benzene rings is 1. The molecule has 1 aromatic carbocycles. The number of sulfonamides is 1. The van der Waals surface area contributed by atoms with Crippen LogP contribution in [-0.2, 0) is 27.7 Å². The number of hydrazine groups is 1. The molecule has 9 heteroatoms. The Morgan fingerprint density at radius 2 is 1.93 bits per heavy atom. The van der Waals surface area contributed by atoms with Crippen molar-refractivity contribution < 1.29 is 18.0 Å². The monoisotopic (exact) mass is 407 g/mol. The molecule has 0 bridgehead atoms. The fourth-order valence-corrected chi connectivity index (χ4v) is 5.09. The zero-order valence-electron chi connectivity index (χ0n) is 15.1. The van der Waals surface area contributed by atoms with Crippen molar-refractivity contribution in [1.29, 1.82) is 0 Å². The van der Waals surface area contributed by atoms with Gasteiger partial charge in [-0.25, -0.2) is 8.42 Å². The van der Waals surface area contributed by atoms with Crippen LogP contribution in [-0.4, -0.2) is 33.0 Å². The molecule has 0 radical (unpaired) electrons. The van der Waals surface area contributed by atoms with Crippen molar-refractivity contribution in [2.24, 2.45) is 0 Å². The zero-order valence-corrected chi connectivity index (χ0v) is 16.7. The Balaban J connectivity index is 1.64. The van der Waals surface area contributed by atoms with E-state index < -0.39 is 28.4 Å². The highest BCUT2D eigenvalue weighted by atomic mass is 32.2. The average Bonchev–Trinajstić information content (AvgIpc) is 3.19. The van der Waals surface area contributed by atoms with E-state index in [9.17, 15) is 18.0 Å². The molecule has 0 saturated heterocycles. The van der Waals surface area contributed by atoms with E-state index in [0.717, 1.165) is 35.4 Å². The Labute approximate surface area is 162 Å². The van der Waals surface area contributed by atoms with E-state index in [2.05, 4.69) is 10.9 Å². The molecule has 2 aromatic rings. The van der Waals surface area contributed by atoms with Crippen molar-refractivity contribution in [3.63, 3.8) is 0 Å². The second-order valence-electron chi connectivity index (χ2n) is 6.47. The number of fused-ring (bicyclic) bond motifs is 1. The minimum absolute atomic E-state index is 0.399. The zero-order chi connectivity index (χ0) is 19.6. The maximum Gasteiger partial charge on any atom is 0.279 e. The molecule has 0 unspecified atom stereocenters. The normalized spacial score (nSPS) is 13.1. The number of anilines is 1. The lowest BCUT2D eigenvalue weighted by molar-refractivity contribution is -0.120. The van der Waals surface area contributed by atoms with Crippen LogP contribution in [0, 0.1) is 6.92 Å². The minimum atomic E-state index is -3.66. The summed E-state index contributed by atoms with van der Waals surface area (Å²) in [6, 6.07) is 8.75. The van der Waals surface area contributed by atoms with Crippen molar-refractivity contribution >= 4 is 38.9 Å². The average molecular weight is 408 g/mol. The number of nitrogens with zero attached hydrogens (tertiary/aromatic N) is 1. The largest absolute Gasteiger partial charge is 0.279 e. The first-order chi connectivity index (χ1) is 12.8. The first-order valence-electron chi connectivity index (χ1n) is 8.50. The Morgan fingerprint density at radius 3 is 2.59 bits per heavy atom. The molecule has 27 heavy (non-hydrogen) atoms. The van der Waals surface area contributed by atoms with E-state index in [1.54, 1.807) is 31.2 Å². The molecule has 7 nitrogen and oxygen atoms in total. The number of rotatable bonds is 5. The van der Waals surface area contributed by atoms with Gasteiger partial charge in [-0.1, -0.05) is 18.2 Å². The predicted molar refractivity (Wildman–Crippen MR) is 105 cm³/mol. The van der Waals surface area contributed by atoms with Gasteiger partial charge in [0, 0.05) is 4.88 Å². The quantitative estimate of drug-likeness (QED) is 0.739. The first-order valence-corrected chi connectivity index (χ1v) is 11.2. The third kappa shape index (κ3) is 4.48. The van der Waals surface area contributed by atoms with Crippen LogP contribution in [0.1, 0.15) is 32.1 Å². The summed E-state index contributed by atoms with van der Waals surface area (Å²) in [5.41, 5.74) is 7.01. The summed E-state index contributed by atoms with van der Waals surface area (Å²) < 4.78 is 25.3. The summed E-state index contributed by atoms with van der Waals surface area (Å²) in [5, 5.41) is 0. The van der Waals surface area contributed by atoms with Crippen molar-refractivity contribution in [1.82, 2.24) is 10.9 Å². The van der Waals surface area contributed by atoms with Crippen LogP contribution in [0.25, 0.3) is 0 Å². The van der Waals surface area contributed by atoms with E-state index in [4.69, 9.17) is 0 Å². The van der Waals surface area contributed by atoms with Crippen LogP contribution >= 0.6 is 11.3 Å². The van der Waals surface area contributed by atoms with E-state index in [1.165, 1.54) is 21.8 Å². The summed E-state index contributed by atoms with van der Waals surface area (Å²) in [5.74, 6) is -1.02. The number of hydrogen-bond donors (Lipinski definition) is 2. The lowest BCUT2D eigenvalue weighted by atomic mass is 10.2. The third-order valence-electron chi connectivity index (χ3n) is 4.36. The molecule has 0 aliphatic heterocycles. The Hall–Kier alpha value is -2.39. The van der Waals surface area contributed by atoms with Gasteiger partial charge in [0.25, 0.3) is 11.8 Å². The fourth-order valence-electron chi connectivity index (χ4n) is 3.02. The summed E-state index contributed by atoms with van der Waals surface area (Å²) >= 11 is 1.43. The van der Waals surface area contributed by atoms with Gasteiger partial charge in [0.15, 0.2) is 0 Å². The lowest BCUT2D eigenvalue weighted by Crippen LogP contribution is -2.47. The Morgan fingerprint density at radius 1 is 1.19 bits per heavy atom. The molecule has 2 N–H and O–H groups in total. The number of amides is 2. The Bertz CT molecular complexity index is 961. The highest BCUT2D eigenvalue weighted by Gasteiger charge is 2.23. The summed E-state index contributed by atoms with van der Waals surface area (Å²) in [4.78, 5) is 26.2. The SMILES string of the molecule is Cc1ccccc1N(CC(=O)NNC(=O)c1cc2c(s1)CCC2)S(C)(=O)=O. The molecule has 1 heterocycles. The number of para-hydroxylation sites is 1. The molecule has 1 aliphatic rings. The molecule has 144 valence electrons. The standard InChI is InChI=1S/C18H21N3O4S2/c1-12-6-3-4-8-14(12)21(27(2,24)25)11-17(22)19-20-18(23)16-10-13-7-5-9-15(13)26-16/h3-4,6,8,10H,5,7,9,11H2,1-2H3,(H,19,22)(H,20,23). The Kier molecular flexibility index (Phi) is 5.52. The van der Waals surface area contributed by atoms with E-state index in [1.807, 2.05) is 6.07 Å². The molecular weight excluding hydrogens is 386 g/mol. The molecular formula is C18H21N3O4S2. The number of nitrogens with one attached hydrogen (secondary N) is 2. The van der Waals surface area contributed by atoms with Crippen LogP contribution in [0.4, 0.5) is 5.69 Å². The van der Waals surface area contributed by atoms with E-state index in [0.29, 0.717) is 10.6 Å². The second-order valence-corrected chi connectivity index (χ2v) is 9.51. The maximum atomic E-state index is 12.2. The molecule has 0 atom stereocenters. The topological polar surface area (TPSA) is 95.6 Å². The van der Waals surface area contributed by atoms with Gasteiger partial charge in [-0.3, -0.25) is 24.7 Å². The summed E-state index contributed by atoms with van der Waals surface area (Å²) in [6.07, 6.45) is 4.11. The van der Waals surface area contributed by atoms with Gasteiger partial charge < -0.3 is 0 Å². The molecule has 2 amide bonds. The number of thiophene rings is 1. The molecule has 0 fully saturated rings. The molecule has 0 saturated carbocycles. The van der Waals surface area contributed by atoms with Crippen LogP contribution < -0.4 is 15.2 Å². The lowest BCUT2D eigenvalue weighted by Gasteiger charge is -2.23. The van der Waals surface area contributed by atoms with Gasteiger partial charge in [-0.15, -0.1) is 11.3 Å². The smallest absolute Gasteiger partial charge is 0.271 e. The summed E-state index contributed by atoms with van der Waals surface area (Å²) in [7, 11) is -3.66. The number of hydrogen-bond acceptors (Lipinski definition) is 5. The molecule has 1 aromatic heterocycles. The first kappa shape index (κ1) is 19.4. The van der Waals surface area contributed by atoms with Crippen molar-refractivity contribution in [2.45, 2.75) is 26.2 Å². The van der Waals surface area contributed by atoms with Crippen LogP contribution in [0.2, 0.25) is 0 Å². The molecule has 1 aliphatic carbocycles. The van der Waals surface area contributed by atoms with Crippen LogP contribution in [0.15, 0.2) is 30.3 Å².